The maximum atomic E-state index is 6.39. The third-order valence-corrected chi connectivity index (χ3v) is 8.99. The zero-order valence-electron chi connectivity index (χ0n) is 26.0. The molecule has 0 saturated carbocycles. The molecule has 0 atom stereocenters. The standard InChI is InChI=1S/C44H29N3O/c1-3-11-29(12-4-1)30-21-23-33(24-22-30)44-46-41(45-43(47-44)32-14-5-2-6-15-32)28-35-17-10-20-40-42(35)38-27-34(25-26-39(38)48-40)37-19-9-16-31-13-7-8-18-36(31)37/h1-27H,28H2. The molecule has 48 heavy (non-hydrogen) atoms. The first-order chi connectivity index (χ1) is 23.8. The molecule has 9 aromatic rings. The van der Waals surface area contributed by atoms with Crippen LogP contribution in [-0.2, 0) is 6.42 Å². The molecule has 0 bridgehead atoms. The molecule has 0 aliphatic carbocycles. The summed E-state index contributed by atoms with van der Waals surface area (Å²) >= 11 is 0. The third kappa shape index (κ3) is 5.10. The van der Waals surface area contributed by atoms with Gasteiger partial charge in [-0.2, -0.15) is 0 Å². The SMILES string of the molecule is c1ccc(-c2ccc(-c3nc(Cc4cccc5oc6ccc(-c7cccc8ccccc78)cc6c45)nc(-c4ccccc4)n3)cc2)cc1. The van der Waals surface area contributed by atoms with Crippen molar-refractivity contribution >= 4 is 32.7 Å². The molecule has 4 nitrogen and oxygen atoms in total. The number of furan rings is 1. The molecule has 0 aliphatic heterocycles. The van der Waals surface area contributed by atoms with E-state index in [1.165, 1.54) is 21.9 Å². The van der Waals surface area contributed by atoms with Gasteiger partial charge in [0, 0.05) is 28.3 Å². The summed E-state index contributed by atoms with van der Waals surface area (Å²) in [5, 5.41) is 4.63. The molecule has 0 spiro atoms. The Hall–Kier alpha value is -6.39. The quantitative estimate of drug-likeness (QED) is 0.187. The molecular weight excluding hydrogens is 587 g/mol. The van der Waals surface area contributed by atoms with E-state index in [9.17, 15) is 0 Å². The largest absolute Gasteiger partial charge is 0.456 e. The molecule has 0 radical (unpaired) electrons. The highest BCUT2D eigenvalue weighted by Crippen LogP contribution is 2.37. The molecule has 9 rings (SSSR count). The summed E-state index contributed by atoms with van der Waals surface area (Å²) in [6.07, 6.45) is 0.530. The van der Waals surface area contributed by atoms with E-state index in [-0.39, 0.29) is 0 Å². The van der Waals surface area contributed by atoms with Gasteiger partial charge in [0.15, 0.2) is 11.6 Å². The van der Waals surface area contributed by atoms with E-state index in [0.717, 1.165) is 49.8 Å². The molecule has 0 saturated heterocycles. The third-order valence-electron chi connectivity index (χ3n) is 8.99. The topological polar surface area (TPSA) is 51.8 Å². The van der Waals surface area contributed by atoms with Crippen molar-refractivity contribution < 1.29 is 4.42 Å². The number of benzene rings is 7. The van der Waals surface area contributed by atoms with Crippen LogP contribution in [0.1, 0.15) is 11.4 Å². The van der Waals surface area contributed by atoms with E-state index < -0.39 is 0 Å². The van der Waals surface area contributed by atoms with Crippen LogP contribution in [0.25, 0.3) is 77.7 Å². The Morgan fingerprint density at radius 3 is 1.81 bits per heavy atom. The molecule has 0 aliphatic rings. The summed E-state index contributed by atoms with van der Waals surface area (Å²) in [6, 6.07) is 56.7. The van der Waals surface area contributed by atoms with Crippen molar-refractivity contribution in [3.8, 4) is 45.0 Å². The first-order valence-corrected chi connectivity index (χ1v) is 16.2. The normalized spacial score (nSPS) is 11.4. The van der Waals surface area contributed by atoms with Crippen LogP contribution < -0.4 is 0 Å². The lowest BCUT2D eigenvalue weighted by Gasteiger charge is -2.10. The number of rotatable bonds is 6. The van der Waals surface area contributed by atoms with E-state index in [2.05, 4.69) is 115 Å². The summed E-state index contributed by atoms with van der Waals surface area (Å²) in [5.41, 5.74) is 9.41. The van der Waals surface area contributed by atoms with E-state index in [0.29, 0.717) is 23.9 Å². The van der Waals surface area contributed by atoms with Gasteiger partial charge in [0.2, 0.25) is 0 Å². The minimum Gasteiger partial charge on any atom is -0.456 e. The molecule has 2 heterocycles. The van der Waals surface area contributed by atoms with Gasteiger partial charge in [0.05, 0.1) is 0 Å². The lowest BCUT2D eigenvalue weighted by atomic mass is 9.96. The second-order valence-electron chi connectivity index (χ2n) is 12.0. The van der Waals surface area contributed by atoms with E-state index in [1.807, 2.05) is 48.5 Å². The van der Waals surface area contributed by atoms with Crippen LogP contribution in [0, 0.1) is 0 Å². The molecule has 226 valence electrons. The summed E-state index contributed by atoms with van der Waals surface area (Å²) < 4.78 is 6.39. The van der Waals surface area contributed by atoms with Gasteiger partial charge in [0.1, 0.15) is 17.0 Å². The summed E-state index contributed by atoms with van der Waals surface area (Å²) in [4.78, 5) is 15.0. The van der Waals surface area contributed by atoms with Gasteiger partial charge in [-0.05, 0) is 56.8 Å². The van der Waals surface area contributed by atoms with Gasteiger partial charge in [-0.25, -0.2) is 15.0 Å². The van der Waals surface area contributed by atoms with Gasteiger partial charge in [-0.15, -0.1) is 0 Å². The molecule has 0 N–H and O–H groups in total. The van der Waals surface area contributed by atoms with Crippen LogP contribution in [0.2, 0.25) is 0 Å². The average Bonchev–Trinajstić information content (AvgIpc) is 3.54. The monoisotopic (exact) mass is 615 g/mol. The average molecular weight is 616 g/mol. The number of aromatic nitrogens is 3. The van der Waals surface area contributed by atoms with Crippen LogP contribution >= 0.6 is 0 Å². The van der Waals surface area contributed by atoms with Crippen LogP contribution in [-0.4, -0.2) is 15.0 Å². The highest BCUT2D eigenvalue weighted by molar-refractivity contribution is 6.09. The highest BCUT2D eigenvalue weighted by Gasteiger charge is 2.17. The predicted octanol–water partition coefficient (Wildman–Crippen LogP) is 11.2. The minimum atomic E-state index is 0.530. The Bertz CT molecular complexity index is 2570. The lowest BCUT2D eigenvalue weighted by Crippen LogP contribution is -2.04. The second kappa shape index (κ2) is 11.8. The summed E-state index contributed by atoms with van der Waals surface area (Å²) in [7, 11) is 0. The molecular formula is C44H29N3O. The van der Waals surface area contributed by atoms with Crippen molar-refractivity contribution in [3.63, 3.8) is 0 Å². The Balaban J connectivity index is 1.15. The first kappa shape index (κ1) is 27.9. The maximum absolute atomic E-state index is 6.39. The molecule has 7 aromatic carbocycles. The fourth-order valence-electron chi connectivity index (χ4n) is 6.65. The van der Waals surface area contributed by atoms with E-state index >= 15 is 0 Å². The fraction of sp³-hybridized carbons (Fsp3) is 0.0227. The molecule has 4 heteroatoms. The maximum Gasteiger partial charge on any atom is 0.163 e. The zero-order valence-corrected chi connectivity index (χ0v) is 26.0. The smallest absolute Gasteiger partial charge is 0.163 e. The Kier molecular flexibility index (Phi) is 6.83. The Morgan fingerprint density at radius 2 is 1.02 bits per heavy atom. The van der Waals surface area contributed by atoms with Crippen molar-refractivity contribution in [1.29, 1.82) is 0 Å². The number of nitrogens with zero attached hydrogens (tertiary/aromatic N) is 3. The van der Waals surface area contributed by atoms with Gasteiger partial charge in [-0.3, -0.25) is 0 Å². The first-order valence-electron chi connectivity index (χ1n) is 16.2. The fourth-order valence-corrected chi connectivity index (χ4v) is 6.65. The summed E-state index contributed by atoms with van der Waals surface area (Å²) in [5.74, 6) is 2.02. The predicted molar refractivity (Wildman–Crippen MR) is 196 cm³/mol. The second-order valence-corrected chi connectivity index (χ2v) is 12.0. The van der Waals surface area contributed by atoms with Crippen LogP contribution in [0.4, 0.5) is 0 Å². The minimum absolute atomic E-state index is 0.530. The zero-order chi connectivity index (χ0) is 31.9. The number of fused-ring (bicyclic) bond motifs is 4. The lowest BCUT2D eigenvalue weighted by molar-refractivity contribution is 0.668. The van der Waals surface area contributed by atoms with E-state index in [4.69, 9.17) is 19.4 Å². The number of hydrogen-bond donors (Lipinski definition) is 0. The van der Waals surface area contributed by atoms with Gasteiger partial charge >= 0.3 is 0 Å². The van der Waals surface area contributed by atoms with Crippen molar-refractivity contribution in [2.75, 3.05) is 0 Å². The van der Waals surface area contributed by atoms with Crippen LogP contribution in [0.3, 0.4) is 0 Å². The molecule has 0 unspecified atom stereocenters. The molecule has 0 amide bonds. The molecule has 2 aromatic heterocycles. The van der Waals surface area contributed by atoms with Gasteiger partial charge in [-0.1, -0.05) is 146 Å². The summed E-state index contributed by atoms with van der Waals surface area (Å²) in [6.45, 7) is 0. The van der Waals surface area contributed by atoms with Crippen molar-refractivity contribution in [2.24, 2.45) is 0 Å². The Labute approximate surface area is 278 Å². The van der Waals surface area contributed by atoms with Gasteiger partial charge < -0.3 is 4.42 Å². The van der Waals surface area contributed by atoms with Crippen LogP contribution in [0.15, 0.2) is 168 Å². The highest BCUT2D eigenvalue weighted by atomic mass is 16.3. The van der Waals surface area contributed by atoms with E-state index in [1.54, 1.807) is 0 Å². The van der Waals surface area contributed by atoms with Crippen molar-refractivity contribution in [3.05, 3.63) is 175 Å². The van der Waals surface area contributed by atoms with Gasteiger partial charge in [0.25, 0.3) is 0 Å². The Morgan fingerprint density at radius 1 is 0.417 bits per heavy atom. The van der Waals surface area contributed by atoms with Crippen molar-refractivity contribution in [2.45, 2.75) is 6.42 Å². The molecule has 0 fully saturated rings. The van der Waals surface area contributed by atoms with Crippen molar-refractivity contribution in [1.82, 2.24) is 15.0 Å². The van der Waals surface area contributed by atoms with Crippen LogP contribution in [0.5, 0.6) is 0 Å². The number of hydrogen-bond acceptors (Lipinski definition) is 4.